The van der Waals surface area contributed by atoms with Crippen molar-refractivity contribution in [2.45, 2.75) is 0 Å². The fourth-order valence-corrected chi connectivity index (χ4v) is 3.64. The number of nitrogens with one attached hydrogen (secondary N) is 3. The Morgan fingerprint density at radius 1 is 0.962 bits per heavy atom. The van der Waals surface area contributed by atoms with E-state index in [0.29, 0.717) is 11.6 Å². The van der Waals surface area contributed by atoms with E-state index in [1.807, 2.05) is 54.6 Å². The lowest BCUT2D eigenvalue weighted by molar-refractivity contribution is 0.102. The quantitative estimate of drug-likeness (QED) is 0.446. The molecule has 126 valence electrons. The number of H-pyrrole nitrogens is 2. The predicted molar refractivity (Wildman–Crippen MR) is 103 cm³/mol. The number of anilines is 1. The molecule has 0 aliphatic rings. The Bertz CT molecular complexity index is 1180. The minimum absolute atomic E-state index is 0.289. The third-order valence-electron chi connectivity index (χ3n) is 4.12. The highest BCUT2D eigenvalue weighted by atomic mass is 32.1. The van der Waals surface area contributed by atoms with E-state index in [1.54, 1.807) is 5.38 Å². The van der Waals surface area contributed by atoms with E-state index in [4.69, 9.17) is 0 Å². The first-order valence-electron chi connectivity index (χ1n) is 8.06. The molecular weight excluding hydrogens is 346 g/mol. The summed E-state index contributed by atoms with van der Waals surface area (Å²) < 4.78 is 0. The van der Waals surface area contributed by atoms with Crippen LogP contribution in [0.25, 0.3) is 32.6 Å². The smallest absolute Gasteiger partial charge is 0.277 e. The van der Waals surface area contributed by atoms with E-state index < -0.39 is 0 Å². The summed E-state index contributed by atoms with van der Waals surface area (Å²) in [6.07, 6.45) is 0. The normalized spacial score (nSPS) is 11.2. The van der Waals surface area contributed by atoms with Crippen molar-refractivity contribution in [2.75, 3.05) is 5.32 Å². The van der Waals surface area contributed by atoms with Crippen molar-refractivity contribution in [3.05, 3.63) is 65.7 Å². The van der Waals surface area contributed by atoms with Gasteiger partial charge in [0.05, 0.1) is 16.7 Å². The van der Waals surface area contributed by atoms with Gasteiger partial charge in [-0.05, 0) is 24.3 Å². The van der Waals surface area contributed by atoms with Crippen LogP contribution >= 0.6 is 11.3 Å². The maximum absolute atomic E-state index is 12.5. The number of amides is 1. The minimum atomic E-state index is -0.289. The minimum Gasteiger partial charge on any atom is -0.353 e. The van der Waals surface area contributed by atoms with Crippen molar-refractivity contribution >= 4 is 45.1 Å². The molecule has 0 saturated carbocycles. The number of fused-ring (bicyclic) bond motifs is 2. The number of hydrogen-bond acceptors (Lipinski definition) is 4. The van der Waals surface area contributed by atoms with Crippen LogP contribution in [0.3, 0.4) is 0 Å². The standard InChI is InChI=1S/C19H13N5OS/c25-17(24-19-22-13-7-3-4-8-14(13)23-19)16-10-26-18(21-16)15-9-11-5-1-2-6-12(11)20-15/h1-10,20H,(H2,22,23,24,25). The molecule has 0 unspecified atom stereocenters. The number of benzene rings is 2. The third kappa shape index (κ3) is 2.55. The first-order chi connectivity index (χ1) is 12.8. The molecule has 6 nitrogen and oxygen atoms in total. The number of carbonyl (C=O) groups is 1. The van der Waals surface area contributed by atoms with Crippen molar-refractivity contribution in [2.24, 2.45) is 0 Å². The molecule has 7 heteroatoms. The SMILES string of the molecule is O=C(Nc1nc2ccccc2[nH]1)c1csc(-c2cc3ccccc3[nH]2)n1. The summed E-state index contributed by atoms with van der Waals surface area (Å²) in [5.41, 5.74) is 3.99. The maximum Gasteiger partial charge on any atom is 0.277 e. The summed E-state index contributed by atoms with van der Waals surface area (Å²) in [6, 6.07) is 17.7. The molecule has 0 radical (unpaired) electrons. The number of para-hydroxylation sites is 3. The number of imidazole rings is 1. The first kappa shape index (κ1) is 14.9. The van der Waals surface area contributed by atoms with Crippen molar-refractivity contribution < 1.29 is 4.79 Å². The molecule has 0 saturated heterocycles. The molecule has 0 aliphatic heterocycles. The third-order valence-corrected chi connectivity index (χ3v) is 4.99. The van der Waals surface area contributed by atoms with E-state index in [9.17, 15) is 4.79 Å². The monoisotopic (exact) mass is 359 g/mol. The number of aromatic amines is 2. The van der Waals surface area contributed by atoms with Crippen LogP contribution in [0.1, 0.15) is 10.5 Å². The summed E-state index contributed by atoms with van der Waals surface area (Å²) in [6.45, 7) is 0. The van der Waals surface area contributed by atoms with Crippen LogP contribution in [0.5, 0.6) is 0 Å². The maximum atomic E-state index is 12.5. The molecule has 0 aliphatic carbocycles. The van der Waals surface area contributed by atoms with Gasteiger partial charge in [0.1, 0.15) is 10.7 Å². The average molecular weight is 359 g/mol. The molecule has 2 aromatic carbocycles. The van der Waals surface area contributed by atoms with Crippen LogP contribution in [-0.2, 0) is 0 Å². The van der Waals surface area contributed by atoms with Gasteiger partial charge in [-0.3, -0.25) is 10.1 Å². The molecule has 5 rings (SSSR count). The van der Waals surface area contributed by atoms with Crippen molar-refractivity contribution in [3.63, 3.8) is 0 Å². The second-order valence-electron chi connectivity index (χ2n) is 5.86. The van der Waals surface area contributed by atoms with E-state index in [0.717, 1.165) is 32.6 Å². The number of nitrogens with zero attached hydrogens (tertiary/aromatic N) is 2. The highest BCUT2D eigenvalue weighted by Crippen LogP contribution is 2.27. The Kier molecular flexibility index (Phi) is 3.32. The summed E-state index contributed by atoms with van der Waals surface area (Å²) in [5.74, 6) is 0.124. The highest BCUT2D eigenvalue weighted by Gasteiger charge is 2.15. The lowest BCUT2D eigenvalue weighted by Crippen LogP contribution is -2.13. The summed E-state index contributed by atoms with van der Waals surface area (Å²) in [5, 5.41) is 6.41. The van der Waals surface area contributed by atoms with Gasteiger partial charge in [-0.2, -0.15) is 0 Å². The molecule has 0 spiro atoms. The number of thiazole rings is 1. The predicted octanol–water partition coefficient (Wildman–Crippen LogP) is 4.42. The zero-order chi connectivity index (χ0) is 17.5. The lowest BCUT2D eigenvalue weighted by Gasteiger charge is -1.97. The molecular formula is C19H13N5OS. The van der Waals surface area contributed by atoms with E-state index in [-0.39, 0.29) is 5.91 Å². The van der Waals surface area contributed by atoms with Gasteiger partial charge in [0, 0.05) is 16.3 Å². The van der Waals surface area contributed by atoms with E-state index in [2.05, 4.69) is 25.3 Å². The van der Waals surface area contributed by atoms with Crippen LogP contribution < -0.4 is 5.32 Å². The van der Waals surface area contributed by atoms with Gasteiger partial charge in [0.2, 0.25) is 5.95 Å². The van der Waals surface area contributed by atoms with Crippen LogP contribution in [0, 0.1) is 0 Å². The molecule has 5 aromatic rings. The largest absolute Gasteiger partial charge is 0.353 e. The van der Waals surface area contributed by atoms with Gasteiger partial charge in [0.15, 0.2) is 0 Å². The first-order valence-corrected chi connectivity index (χ1v) is 8.94. The number of hydrogen-bond donors (Lipinski definition) is 3. The van der Waals surface area contributed by atoms with Crippen molar-refractivity contribution in [1.82, 2.24) is 19.9 Å². The van der Waals surface area contributed by atoms with Gasteiger partial charge < -0.3 is 9.97 Å². The number of carbonyl (C=O) groups excluding carboxylic acids is 1. The van der Waals surface area contributed by atoms with Crippen molar-refractivity contribution in [1.29, 1.82) is 0 Å². The Morgan fingerprint density at radius 2 is 1.77 bits per heavy atom. The van der Waals surface area contributed by atoms with Gasteiger partial charge in [0.25, 0.3) is 5.91 Å². The zero-order valence-electron chi connectivity index (χ0n) is 13.5. The van der Waals surface area contributed by atoms with Crippen LogP contribution in [0.2, 0.25) is 0 Å². The topological polar surface area (TPSA) is 86.5 Å². The average Bonchev–Trinajstić information content (AvgIpc) is 3.37. The second-order valence-corrected chi connectivity index (χ2v) is 6.72. The van der Waals surface area contributed by atoms with Crippen LogP contribution in [0.15, 0.2) is 60.0 Å². The molecule has 1 amide bonds. The van der Waals surface area contributed by atoms with Crippen LogP contribution in [0.4, 0.5) is 5.95 Å². The molecule has 3 N–H and O–H groups in total. The molecule has 0 fully saturated rings. The van der Waals surface area contributed by atoms with Gasteiger partial charge >= 0.3 is 0 Å². The fourth-order valence-electron chi connectivity index (χ4n) is 2.87. The molecule has 3 aromatic heterocycles. The lowest BCUT2D eigenvalue weighted by atomic mass is 10.2. The van der Waals surface area contributed by atoms with E-state index in [1.165, 1.54) is 11.3 Å². The Labute approximate surface area is 151 Å². The summed E-state index contributed by atoms with van der Waals surface area (Å²) >= 11 is 1.43. The van der Waals surface area contributed by atoms with Crippen LogP contribution in [-0.4, -0.2) is 25.8 Å². The fraction of sp³-hybridized carbons (Fsp3) is 0. The summed E-state index contributed by atoms with van der Waals surface area (Å²) in [4.78, 5) is 27.7. The number of aromatic nitrogens is 4. The Balaban J connectivity index is 1.41. The van der Waals surface area contributed by atoms with Gasteiger partial charge in [-0.15, -0.1) is 11.3 Å². The zero-order valence-corrected chi connectivity index (χ0v) is 14.3. The van der Waals surface area contributed by atoms with Crippen molar-refractivity contribution in [3.8, 4) is 10.7 Å². The Hall–Kier alpha value is -3.45. The molecule has 3 heterocycles. The van der Waals surface area contributed by atoms with Gasteiger partial charge in [-0.25, -0.2) is 9.97 Å². The number of rotatable bonds is 3. The summed E-state index contributed by atoms with van der Waals surface area (Å²) in [7, 11) is 0. The Morgan fingerprint density at radius 3 is 2.62 bits per heavy atom. The second kappa shape index (κ2) is 5.82. The molecule has 0 atom stereocenters. The highest BCUT2D eigenvalue weighted by molar-refractivity contribution is 7.13. The van der Waals surface area contributed by atoms with E-state index >= 15 is 0 Å². The molecule has 26 heavy (non-hydrogen) atoms. The molecule has 0 bridgehead atoms. The van der Waals surface area contributed by atoms with Gasteiger partial charge in [-0.1, -0.05) is 30.3 Å².